The average Bonchev–Trinajstić information content (AvgIpc) is 2.23. The molecule has 82 valence electrons. The van der Waals surface area contributed by atoms with Crippen LogP contribution < -0.4 is 0 Å². The van der Waals surface area contributed by atoms with Gasteiger partial charge in [-0.2, -0.15) is 0 Å². The van der Waals surface area contributed by atoms with Crippen molar-refractivity contribution in [3.8, 4) is 0 Å². The number of hydrogen-bond donors (Lipinski definition) is 0. The lowest BCUT2D eigenvalue weighted by atomic mass is 10.0. The van der Waals surface area contributed by atoms with E-state index in [0.717, 1.165) is 9.80 Å². The molecule has 0 aromatic rings. The molecular formula is C10H14N2O3. The van der Waals surface area contributed by atoms with Crippen LogP contribution in [-0.2, 0) is 9.59 Å². The predicted octanol–water partition coefficient (Wildman–Crippen LogP) is 0.763. The van der Waals surface area contributed by atoms with Gasteiger partial charge < -0.3 is 0 Å². The third kappa shape index (κ3) is 1.65. The van der Waals surface area contributed by atoms with E-state index >= 15 is 0 Å². The minimum Gasteiger partial charge on any atom is -0.268 e. The molecule has 1 fully saturated rings. The molecule has 0 unspecified atom stereocenters. The lowest BCUT2D eigenvalue weighted by Crippen LogP contribution is -2.53. The Labute approximate surface area is 88.3 Å². The number of carbonyl (C=O) groups is 3. The highest BCUT2D eigenvalue weighted by molar-refractivity contribution is 6.28. The highest BCUT2D eigenvalue weighted by Crippen LogP contribution is 2.19. The molecule has 15 heavy (non-hydrogen) atoms. The molecule has 0 aromatic heterocycles. The van der Waals surface area contributed by atoms with Crippen molar-refractivity contribution in [3.63, 3.8) is 0 Å². The molecule has 0 spiro atoms. The Balaban J connectivity index is 3.26. The standard InChI is InChI=1S/C10H14N2O3/c1-5-6(2)7-8(13)11(3)10(15)12(4)9(7)14/h5H2,1-4H3. The maximum Gasteiger partial charge on any atom is 0.333 e. The second-order valence-corrected chi connectivity index (χ2v) is 3.52. The normalized spacial score (nSPS) is 17.6. The van der Waals surface area contributed by atoms with Crippen LogP contribution in [0.5, 0.6) is 0 Å². The van der Waals surface area contributed by atoms with Gasteiger partial charge in [-0.3, -0.25) is 19.4 Å². The molecule has 0 aliphatic carbocycles. The van der Waals surface area contributed by atoms with E-state index < -0.39 is 17.8 Å². The molecule has 1 rings (SSSR count). The quantitative estimate of drug-likeness (QED) is 0.474. The number of hydrogen-bond acceptors (Lipinski definition) is 3. The van der Waals surface area contributed by atoms with E-state index in [0.29, 0.717) is 12.0 Å². The first-order chi connectivity index (χ1) is 6.91. The van der Waals surface area contributed by atoms with Crippen molar-refractivity contribution in [3.05, 3.63) is 11.1 Å². The van der Waals surface area contributed by atoms with E-state index in [1.165, 1.54) is 14.1 Å². The molecule has 1 aliphatic rings. The summed E-state index contributed by atoms with van der Waals surface area (Å²) in [5.41, 5.74) is 0.818. The van der Waals surface area contributed by atoms with Crippen LogP contribution in [0.2, 0.25) is 0 Å². The molecule has 0 bridgehead atoms. The van der Waals surface area contributed by atoms with Gasteiger partial charge in [-0.15, -0.1) is 0 Å². The number of urea groups is 1. The molecule has 1 aliphatic heterocycles. The number of likely N-dealkylation sites (N-methyl/N-ethyl adjacent to an activating group) is 2. The van der Waals surface area contributed by atoms with Crippen LogP contribution in [0, 0.1) is 0 Å². The Kier molecular flexibility index (Phi) is 2.93. The van der Waals surface area contributed by atoms with E-state index in [1.54, 1.807) is 6.92 Å². The fraction of sp³-hybridized carbons (Fsp3) is 0.500. The summed E-state index contributed by atoms with van der Waals surface area (Å²) in [4.78, 5) is 36.7. The Morgan fingerprint density at radius 2 is 1.47 bits per heavy atom. The topological polar surface area (TPSA) is 57.7 Å². The second-order valence-electron chi connectivity index (χ2n) is 3.52. The smallest absolute Gasteiger partial charge is 0.268 e. The maximum atomic E-state index is 11.7. The van der Waals surface area contributed by atoms with E-state index in [2.05, 4.69) is 0 Å². The second kappa shape index (κ2) is 3.84. The highest BCUT2D eigenvalue weighted by atomic mass is 16.2. The lowest BCUT2D eigenvalue weighted by Gasteiger charge is -2.29. The summed E-state index contributed by atoms with van der Waals surface area (Å²) in [6, 6.07) is -0.586. The van der Waals surface area contributed by atoms with Crippen LogP contribution in [0.25, 0.3) is 0 Å². The Bertz CT molecular complexity index is 345. The largest absolute Gasteiger partial charge is 0.333 e. The van der Waals surface area contributed by atoms with Gasteiger partial charge in [0.25, 0.3) is 11.8 Å². The van der Waals surface area contributed by atoms with Gasteiger partial charge >= 0.3 is 6.03 Å². The van der Waals surface area contributed by atoms with Crippen LogP contribution in [0.1, 0.15) is 20.3 Å². The number of amides is 4. The van der Waals surface area contributed by atoms with Gasteiger partial charge in [0.05, 0.1) is 0 Å². The Morgan fingerprint density at radius 1 is 1.07 bits per heavy atom. The van der Waals surface area contributed by atoms with Crippen LogP contribution in [-0.4, -0.2) is 41.7 Å². The molecule has 0 N–H and O–H groups in total. The van der Waals surface area contributed by atoms with Crippen molar-refractivity contribution >= 4 is 17.8 Å². The third-order valence-corrected chi connectivity index (χ3v) is 2.57. The first kappa shape index (κ1) is 11.4. The van der Waals surface area contributed by atoms with E-state index in [-0.39, 0.29) is 5.57 Å². The summed E-state index contributed by atoms with van der Waals surface area (Å²) in [6.45, 7) is 3.59. The van der Waals surface area contributed by atoms with Gasteiger partial charge in [0, 0.05) is 14.1 Å². The van der Waals surface area contributed by atoms with Gasteiger partial charge in [-0.05, 0) is 13.3 Å². The molecule has 0 radical (unpaired) electrons. The van der Waals surface area contributed by atoms with Crippen molar-refractivity contribution in [1.82, 2.24) is 9.80 Å². The minimum atomic E-state index is -0.586. The summed E-state index contributed by atoms with van der Waals surface area (Å²) >= 11 is 0. The van der Waals surface area contributed by atoms with Crippen molar-refractivity contribution in [2.45, 2.75) is 20.3 Å². The van der Waals surface area contributed by atoms with Gasteiger partial charge in [-0.25, -0.2) is 4.79 Å². The summed E-state index contributed by atoms with van der Waals surface area (Å²) in [7, 11) is 2.74. The highest BCUT2D eigenvalue weighted by Gasteiger charge is 2.38. The molecule has 0 atom stereocenters. The van der Waals surface area contributed by atoms with Crippen LogP contribution in [0.4, 0.5) is 4.79 Å². The van der Waals surface area contributed by atoms with Gasteiger partial charge in [-0.1, -0.05) is 12.5 Å². The van der Waals surface area contributed by atoms with Crippen molar-refractivity contribution in [2.24, 2.45) is 0 Å². The number of barbiturate groups is 1. The summed E-state index contributed by atoms with van der Waals surface area (Å²) < 4.78 is 0. The number of carbonyl (C=O) groups excluding carboxylic acids is 3. The molecule has 0 aromatic carbocycles. The van der Waals surface area contributed by atoms with Crippen molar-refractivity contribution in [1.29, 1.82) is 0 Å². The van der Waals surface area contributed by atoms with Gasteiger partial charge in [0.2, 0.25) is 0 Å². The zero-order valence-corrected chi connectivity index (χ0v) is 9.33. The molecule has 0 saturated carbocycles. The molecule has 4 amide bonds. The molecule has 5 heteroatoms. The predicted molar refractivity (Wildman–Crippen MR) is 53.9 cm³/mol. The zero-order chi connectivity index (χ0) is 11.7. The zero-order valence-electron chi connectivity index (χ0n) is 9.33. The van der Waals surface area contributed by atoms with Gasteiger partial charge in [0.15, 0.2) is 0 Å². The van der Waals surface area contributed by atoms with Crippen LogP contribution in [0.3, 0.4) is 0 Å². The third-order valence-electron chi connectivity index (χ3n) is 2.57. The fourth-order valence-corrected chi connectivity index (χ4v) is 1.37. The summed E-state index contributed by atoms with van der Waals surface area (Å²) in [5.74, 6) is -1.02. The Morgan fingerprint density at radius 3 is 1.80 bits per heavy atom. The number of rotatable bonds is 1. The lowest BCUT2D eigenvalue weighted by molar-refractivity contribution is -0.134. The van der Waals surface area contributed by atoms with E-state index in [1.807, 2.05) is 6.92 Å². The van der Waals surface area contributed by atoms with Crippen LogP contribution >= 0.6 is 0 Å². The van der Waals surface area contributed by atoms with Crippen molar-refractivity contribution < 1.29 is 14.4 Å². The molecular weight excluding hydrogens is 196 g/mol. The van der Waals surface area contributed by atoms with Crippen LogP contribution in [0.15, 0.2) is 11.1 Å². The van der Waals surface area contributed by atoms with E-state index in [9.17, 15) is 14.4 Å². The Hall–Kier alpha value is -1.65. The fourth-order valence-electron chi connectivity index (χ4n) is 1.37. The molecule has 5 nitrogen and oxygen atoms in total. The minimum absolute atomic E-state index is 0.113. The maximum absolute atomic E-state index is 11.7. The molecule has 1 heterocycles. The van der Waals surface area contributed by atoms with Crippen molar-refractivity contribution in [2.75, 3.05) is 14.1 Å². The first-order valence-electron chi connectivity index (χ1n) is 4.71. The summed E-state index contributed by atoms with van der Waals surface area (Å²) in [6.07, 6.45) is 0.614. The van der Waals surface area contributed by atoms with E-state index in [4.69, 9.17) is 0 Å². The average molecular weight is 210 g/mol. The number of imide groups is 2. The number of allylic oxidation sites excluding steroid dienone is 1. The van der Waals surface area contributed by atoms with Gasteiger partial charge in [0.1, 0.15) is 5.57 Å². The molecule has 1 saturated heterocycles. The number of nitrogens with zero attached hydrogens (tertiary/aromatic N) is 2. The first-order valence-corrected chi connectivity index (χ1v) is 4.71. The monoisotopic (exact) mass is 210 g/mol. The SMILES string of the molecule is CCC(C)=C1C(=O)N(C)C(=O)N(C)C1=O. The summed E-state index contributed by atoms with van der Waals surface area (Å²) in [5, 5.41) is 0.